The van der Waals surface area contributed by atoms with Gasteiger partial charge in [-0.1, -0.05) is 66.9 Å². The molecule has 0 aromatic heterocycles. The number of hydrogen-bond donors (Lipinski definition) is 4. The second kappa shape index (κ2) is 22.3. The number of Topliss-reactive ketones (excluding diaryl/α,β-unsaturated/α-hetero) is 1. The minimum absolute atomic E-state index is 0.0929. The molecule has 2 aliphatic rings. The molecular formula is C33H59N5O7. The SMILES string of the molecule is C=CCNC(=O)C(=O)C(CCCC)NC(=O)C1CCCN1C.CC(OC(=O)CNC(=O)NC(C=O)C(C)(C)C)C1CC1.CCC. The van der Waals surface area contributed by atoms with E-state index in [1.165, 1.54) is 12.5 Å². The summed E-state index contributed by atoms with van der Waals surface area (Å²) in [4.78, 5) is 72.3. The maximum absolute atomic E-state index is 12.3. The largest absolute Gasteiger partial charge is 0.461 e. The van der Waals surface area contributed by atoms with Crippen molar-refractivity contribution in [3.8, 4) is 0 Å². The normalized spacial score (nSPS) is 17.8. The van der Waals surface area contributed by atoms with E-state index in [0.717, 1.165) is 45.1 Å². The minimum atomic E-state index is -0.744. The molecule has 1 aliphatic carbocycles. The van der Waals surface area contributed by atoms with Crippen molar-refractivity contribution in [2.24, 2.45) is 11.3 Å². The molecule has 1 saturated heterocycles. The molecule has 0 aromatic carbocycles. The van der Waals surface area contributed by atoms with Crippen LogP contribution in [0.4, 0.5) is 4.79 Å². The van der Waals surface area contributed by atoms with Crippen molar-refractivity contribution >= 4 is 35.9 Å². The van der Waals surface area contributed by atoms with Crippen molar-refractivity contribution in [3.05, 3.63) is 12.7 Å². The van der Waals surface area contributed by atoms with Crippen LogP contribution >= 0.6 is 0 Å². The first-order valence-corrected chi connectivity index (χ1v) is 16.3. The first-order valence-electron chi connectivity index (χ1n) is 16.3. The summed E-state index contributed by atoms with van der Waals surface area (Å²) in [6.07, 6.45) is 9.48. The van der Waals surface area contributed by atoms with Gasteiger partial charge < -0.3 is 30.8 Å². The van der Waals surface area contributed by atoms with Gasteiger partial charge in [0.25, 0.3) is 5.91 Å². The summed E-state index contributed by atoms with van der Waals surface area (Å²) < 4.78 is 5.17. The lowest BCUT2D eigenvalue weighted by Gasteiger charge is -2.26. The number of aldehydes is 1. The van der Waals surface area contributed by atoms with Gasteiger partial charge in [0.2, 0.25) is 11.7 Å². The average Bonchev–Trinajstić information content (AvgIpc) is 3.75. The van der Waals surface area contributed by atoms with Gasteiger partial charge in [-0.15, -0.1) is 6.58 Å². The van der Waals surface area contributed by atoms with E-state index in [2.05, 4.69) is 41.7 Å². The highest BCUT2D eigenvalue weighted by molar-refractivity contribution is 6.38. The van der Waals surface area contributed by atoms with Crippen LogP contribution in [-0.4, -0.2) is 91.7 Å². The number of amides is 4. The Balaban J connectivity index is 0.000000794. The predicted molar refractivity (Wildman–Crippen MR) is 175 cm³/mol. The fourth-order valence-electron chi connectivity index (χ4n) is 4.31. The van der Waals surface area contributed by atoms with E-state index < -0.39 is 35.8 Å². The van der Waals surface area contributed by atoms with Crippen molar-refractivity contribution in [2.75, 3.05) is 26.7 Å². The molecule has 45 heavy (non-hydrogen) atoms. The zero-order valence-corrected chi connectivity index (χ0v) is 28.8. The summed E-state index contributed by atoms with van der Waals surface area (Å²) in [6, 6.07) is -2.10. The van der Waals surface area contributed by atoms with Crippen LogP contribution in [0.3, 0.4) is 0 Å². The van der Waals surface area contributed by atoms with E-state index in [1.807, 2.05) is 46.6 Å². The van der Waals surface area contributed by atoms with Crippen LogP contribution in [0.1, 0.15) is 99.8 Å². The van der Waals surface area contributed by atoms with Gasteiger partial charge in [-0.2, -0.15) is 0 Å². The van der Waals surface area contributed by atoms with Gasteiger partial charge >= 0.3 is 12.0 Å². The fourth-order valence-corrected chi connectivity index (χ4v) is 4.31. The van der Waals surface area contributed by atoms with E-state index >= 15 is 0 Å². The van der Waals surface area contributed by atoms with Gasteiger partial charge in [-0.3, -0.25) is 24.1 Å². The molecule has 1 saturated carbocycles. The number of ketones is 1. The van der Waals surface area contributed by atoms with Gasteiger partial charge in [0.15, 0.2) is 0 Å². The van der Waals surface area contributed by atoms with E-state index in [0.29, 0.717) is 18.6 Å². The summed E-state index contributed by atoms with van der Waals surface area (Å²) in [6.45, 7) is 18.1. The van der Waals surface area contributed by atoms with Crippen LogP contribution in [-0.2, 0) is 28.7 Å². The zero-order valence-electron chi connectivity index (χ0n) is 28.8. The highest BCUT2D eigenvalue weighted by Crippen LogP contribution is 2.33. The molecule has 258 valence electrons. The number of rotatable bonds is 15. The van der Waals surface area contributed by atoms with Crippen molar-refractivity contribution in [1.29, 1.82) is 0 Å². The van der Waals surface area contributed by atoms with Crippen LogP contribution in [0.15, 0.2) is 12.7 Å². The monoisotopic (exact) mass is 637 g/mol. The standard InChI is InChI=1S/C16H27N3O3.C14H24N2O4.C3H8/c1-4-6-8-12(14(20)16(22)17-10-5-2)18-15(21)13-9-7-11-19(13)3;1-9(10-5-6-10)20-12(18)7-15-13(19)16-11(8-17)14(2,3)4;1-3-2/h5,12-13H,2,4,6-11H2,1,3H3,(H,17,22)(H,18,21);8-11H,5-7H2,1-4H3,(H2,15,16,19);3H2,1-2H3. The highest BCUT2D eigenvalue weighted by atomic mass is 16.5. The maximum atomic E-state index is 12.3. The molecule has 0 radical (unpaired) electrons. The quantitative estimate of drug-likeness (QED) is 0.0920. The number of carbonyl (C=O) groups is 6. The average molecular weight is 638 g/mol. The molecule has 4 amide bonds. The number of likely N-dealkylation sites (N-methyl/N-ethyl adjacent to an activating group) is 1. The van der Waals surface area contributed by atoms with Gasteiger partial charge in [-0.25, -0.2) is 4.79 Å². The first-order chi connectivity index (χ1) is 21.2. The van der Waals surface area contributed by atoms with Crippen LogP contribution in [0.5, 0.6) is 0 Å². The molecule has 2 fully saturated rings. The summed E-state index contributed by atoms with van der Waals surface area (Å²) in [7, 11) is 1.90. The molecule has 4 N–H and O–H groups in total. The van der Waals surface area contributed by atoms with Gasteiger partial charge in [0.1, 0.15) is 18.9 Å². The van der Waals surface area contributed by atoms with Crippen LogP contribution in [0.2, 0.25) is 0 Å². The Hall–Kier alpha value is -3.28. The van der Waals surface area contributed by atoms with E-state index in [4.69, 9.17) is 4.74 Å². The zero-order chi connectivity index (χ0) is 34.6. The summed E-state index contributed by atoms with van der Waals surface area (Å²) in [5.74, 6) is -1.40. The molecule has 0 bridgehead atoms. The Morgan fingerprint density at radius 1 is 1.02 bits per heavy atom. The molecule has 1 aliphatic heterocycles. The topological polar surface area (TPSA) is 163 Å². The van der Waals surface area contributed by atoms with Crippen molar-refractivity contribution < 1.29 is 33.5 Å². The number of nitrogens with one attached hydrogen (secondary N) is 4. The molecule has 0 spiro atoms. The maximum Gasteiger partial charge on any atom is 0.325 e. The number of ether oxygens (including phenoxy) is 1. The Morgan fingerprint density at radius 2 is 1.64 bits per heavy atom. The van der Waals surface area contributed by atoms with E-state index in [1.54, 1.807) is 0 Å². The van der Waals surface area contributed by atoms with Gasteiger partial charge in [-0.05, 0) is 64.0 Å². The summed E-state index contributed by atoms with van der Waals surface area (Å²) in [5.41, 5.74) is -0.375. The fraction of sp³-hybridized carbons (Fsp3) is 0.758. The number of esters is 1. The first kappa shape index (κ1) is 41.7. The molecule has 4 atom stereocenters. The van der Waals surface area contributed by atoms with Crippen LogP contribution in [0.25, 0.3) is 0 Å². The number of urea groups is 1. The van der Waals surface area contributed by atoms with Crippen molar-refractivity contribution in [2.45, 2.75) is 124 Å². The summed E-state index contributed by atoms with van der Waals surface area (Å²) in [5, 5.41) is 10.2. The molecular weight excluding hydrogens is 578 g/mol. The number of nitrogens with zero attached hydrogens (tertiary/aromatic N) is 1. The van der Waals surface area contributed by atoms with Gasteiger partial charge in [0, 0.05) is 6.54 Å². The van der Waals surface area contributed by atoms with E-state index in [-0.39, 0.29) is 36.6 Å². The Labute approximate surface area is 270 Å². The Morgan fingerprint density at radius 3 is 2.11 bits per heavy atom. The highest BCUT2D eigenvalue weighted by Gasteiger charge is 2.33. The molecule has 2 rings (SSSR count). The number of unbranched alkanes of at least 4 members (excludes halogenated alkanes) is 1. The second-order valence-corrected chi connectivity index (χ2v) is 12.8. The Kier molecular flexibility index (Phi) is 20.6. The van der Waals surface area contributed by atoms with Crippen molar-refractivity contribution in [1.82, 2.24) is 26.2 Å². The smallest absolute Gasteiger partial charge is 0.325 e. The third-order valence-corrected chi connectivity index (χ3v) is 7.29. The molecule has 0 aromatic rings. The molecule has 12 nitrogen and oxygen atoms in total. The number of likely N-dealkylation sites (tertiary alicyclic amines) is 1. The van der Waals surface area contributed by atoms with Crippen LogP contribution < -0.4 is 21.3 Å². The predicted octanol–water partition coefficient (Wildman–Crippen LogP) is 3.28. The second-order valence-electron chi connectivity index (χ2n) is 12.8. The van der Waals surface area contributed by atoms with Gasteiger partial charge in [0.05, 0.1) is 18.1 Å². The number of hydrogen-bond acceptors (Lipinski definition) is 8. The van der Waals surface area contributed by atoms with E-state index in [9.17, 15) is 28.8 Å². The molecule has 12 heteroatoms. The van der Waals surface area contributed by atoms with Crippen molar-refractivity contribution in [3.63, 3.8) is 0 Å². The lowest BCUT2D eigenvalue weighted by atomic mass is 9.88. The molecule has 4 unspecified atom stereocenters. The minimum Gasteiger partial charge on any atom is -0.461 e. The lowest BCUT2D eigenvalue weighted by molar-refractivity contribution is -0.147. The summed E-state index contributed by atoms with van der Waals surface area (Å²) >= 11 is 0. The molecule has 1 heterocycles. The third kappa shape index (κ3) is 17.7. The third-order valence-electron chi connectivity index (χ3n) is 7.29. The Bertz CT molecular complexity index is 962. The lowest BCUT2D eigenvalue weighted by Crippen LogP contribution is -2.51. The van der Waals surface area contributed by atoms with Crippen LogP contribution in [0, 0.1) is 11.3 Å². The number of carbonyl (C=O) groups excluding carboxylic acids is 6.